The number of amides is 1. The van der Waals surface area contributed by atoms with Gasteiger partial charge in [-0.05, 0) is 31.0 Å². The molecule has 178 valence electrons. The number of nitrogens with zero attached hydrogens (tertiary/aromatic N) is 1. The standard InChI is InChI=1S/C20H23N3O8S2/c1-29-19(25)15-13(16(20(26)30-2)32-18(15)22)10-31-14-6-5-11(9-12(14)17(21)24)33(27,28)23-7-3-4-8-23/h5-6,9H,3-4,7-8,10,22H2,1-2H3,(H2,21,24). The summed E-state index contributed by atoms with van der Waals surface area (Å²) in [6, 6.07) is 3.75. The van der Waals surface area contributed by atoms with Gasteiger partial charge in [-0.2, -0.15) is 4.31 Å². The van der Waals surface area contributed by atoms with Gasteiger partial charge < -0.3 is 25.7 Å². The van der Waals surface area contributed by atoms with Crippen LogP contribution in [0.15, 0.2) is 23.1 Å². The molecule has 0 spiro atoms. The lowest BCUT2D eigenvalue weighted by molar-refractivity contribution is 0.0598. The SMILES string of the molecule is COC(=O)c1sc(N)c(C(=O)OC)c1COc1ccc(S(=O)(=O)N2CCCC2)cc1C(N)=O. The van der Waals surface area contributed by atoms with Crippen LogP contribution in [-0.2, 0) is 26.1 Å². The lowest BCUT2D eigenvalue weighted by atomic mass is 10.1. The highest BCUT2D eigenvalue weighted by Crippen LogP contribution is 2.34. The highest BCUT2D eigenvalue weighted by atomic mass is 32.2. The second-order valence-electron chi connectivity index (χ2n) is 7.05. The number of benzene rings is 1. The van der Waals surface area contributed by atoms with Gasteiger partial charge in [-0.25, -0.2) is 18.0 Å². The smallest absolute Gasteiger partial charge is 0.348 e. The summed E-state index contributed by atoms with van der Waals surface area (Å²) >= 11 is 0.829. The van der Waals surface area contributed by atoms with E-state index in [1.807, 2.05) is 0 Å². The predicted molar refractivity (Wildman–Crippen MR) is 119 cm³/mol. The molecule has 0 aliphatic carbocycles. The van der Waals surface area contributed by atoms with Gasteiger partial charge >= 0.3 is 11.9 Å². The number of sulfonamides is 1. The van der Waals surface area contributed by atoms with Gasteiger partial charge in [0.05, 0.1) is 24.7 Å². The summed E-state index contributed by atoms with van der Waals surface area (Å²) in [7, 11) is -1.45. The molecular weight excluding hydrogens is 474 g/mol. The summed E-state index contributed by atoms with van der Waals surface area (Å²) < 4.78 is 42.2. The Morgan fingerprint density at radius 2 is 1.73 bits per heavy atom. The first-order chi connectivity index (χ1) is 15.6. The molecule has 1 fully saturated rings. The van der Waals surface area contributed by atoms with E-state index in [2.05, 4.69) is 0 Å². The van der Waals surface area contributed by atoms with Crippen LogP contribution in [0.25, 0.3) is 0 Å². The molecule has 1 aliphatic rings. The van der Waals surface area contributed by atoms with Gasteiger partial charge in [0.1, 0.15) is 27.8 Å². The van der Waals surface area contributed by atoms with E-state index in [0.717, 1.165) is 37.4 Å². The van der Waals surface area contributed by atoms with Crippen LogP contribution in [0.5, 0.6) is 5.75 Å². The van der Waals surface area contributed by atoms with E-state index in [1.54, 1.807) is 0 Å². The molecule has 1 saturated heterocycles. The third kappa shape index (κ3) is 4.79. The molecule has 1 aromatic heterocycles. The maximum Gasteiger partial charge on any atom is 0.348 e. The molecule has 1 amide bonds. The van der Waals surface area contributed by atoms with Crippen LogP contribution in [0.1, 0.15) is 48.8 Å². The van der Waals surface area contributed by atoms with Crippen LogP contribution < -0.4 is 16.2 Å². The van der Waals surface area contributed by atoms with Crippen LogP contribution in [0.2, 0.25) is 0 Å². The number of esters is 2. The number of ether oxygens (including phenoxy) is 3. The quantitative estimate of drug-likeness (QED) is 0.512. The van der Waals surface area contributed by atoms with E-state index in [1.165, 1.54) is 23.5 Å². The van der Waals surface area contributed by atoms with Crippen molar-refractivity contribution in [2.45, 2.75) is 24.3 Å². The Morgan fingerprint density at radius 3 is 2.30 bits per heavy atom. The zero-order valence-corrected chi connectivity index (χ0v) is 19.6. The molecule has 0 unspecified atom stereocenters. The Hall–Kier alpha value is -3.16. The predicted octanol–water partition coefficient (Wildman–Crippen LogP) is 1.37. The highest BCUT2D eigenvalue weighted by Gasteiger charge is 2.30. The van der Waals surface area contributed by atoms with Crippen LogP contribution in [-0.4, -0.2) is 57.9 Å². The van der Waals surface area contributed by atoms with Crippen molar-refractivity contribution in [2.24, 2.45) is 5.73 Å². The van der Waals surface area contributed by atoms with Crippen molar-refractivity contribution in [1.82, 2.24) is 4.31 Å². The molecule has 13 heteroatoms. The minimum absolute atomic E-state index is 0.0284. The fourth-order valence-electron chi connectivity index (χ4n) is 3.42. The van der Waals surface area contributed by atoms with Gasteiger partial charge in [0, 0.05) is 18.7 Å². The average Bonchev–Trinajstić information content (AvgIpc) is 3.45. The summed E-state index contributed by atoms with van der Waals surface area (Å²) in [6.45, 7) is 0.443. The molecule has 0 radical (unpaired) electrons. The lowest BCUT2D eigenvalue weighted by Gasteiger charge is -2.17. The number of anilines is 1. The van der Waals surface area contributed by atoms with Gasteiger partial charge in [0.15, 0.2) is 0 Å². The minimum Gasteiger partial charge on any atom is -0.488 e. The largest absolute Gasteiger partial charge is 0.488 e. The number of methoxy groups -OCH3 is 2. The molecule has 2 heterocycles. The molecule has 0 atom stereocenters. The van der Waals surface area contributed by atoms with Crippen LogP contribution in [0.3, 0.4) is 0 Å². The van der Waals surface area contributed by atoms with Crippen molar-refractivity contribution in [2.75, 3.05) is 33.0 Å². The van der Waals surface area contributed by atoms with Crippen molar-refractivity contribution in [3.05, 3.63) is 39.8 Å². The van der Waals surface area contributed by atoms with Crippen LogP contribution >= 0.6 is 11.3 Å². The number of hydrogen-bond donors (Lipinski definition) is 2. The molecule has 1 aliphatic heterocycles. The number of nitrogen functional groups attached to an aromatic ring is 1. The van der Waals surface area contributed by atoms with Gasteiger partial charge in [0.25, 0.3) is 5.91 Å². The molecule has 0 bridgehead atoms. The number of primary amides is 1. The zero-order chi connectivity index (χ0) is 24.3. The van der Waals surface area contributed by atoms with Crippen molar-refractivity contribution in [3.8, 4) is 5.75 Å². The van der Waals surface area contributed by atoms with Gasteiger partial charge in [-0.1, -0.05) is 0 Å². The monoisotopic (exact) mass is 497 g/mol. The van der Waals surface area contributed by atoms with E-state index in [0.29, 0.717) is 13.1 Å². The molecule has 0 saturated carbocycles. The van der Waals surface area contributed by atoms with Crippen LogP contribution in [0.4, 0.5) is 5.00 Å². The van der Waals surface area contributed by atoms with E-state index in [4.69, 9.17) is 25.7 Å². The number of thiophene rings is 1. The molecule has 4 N–H and O–H groups in total. The van der Waals surface area contributed by atoms with Crippen molar-refractivity contribution in [3.63, 3.8) is 0 Å². The summed E-state index contributed by atoms with van der Waals surface area (Å²) in [5, 5.41) is 0.0306. The topological polar surface area (TPSA) is 168 Å². The number of rotatable bonds is 8. The van der Waals surface area contributed by atoms with Crippen LogP contribution in [0, 0.1) is 0 Å². The zero-order valence-electron chi connectivity index (χ0n) is 18.0. The third-order valence-electron chi connectivity index (χ3n) is 5.09. The number of nitrogens with two attached hydrogens (primary N) is 2. The lowest BCUT2D eigenvalue weighted by Crippen LogP contribution is -2.28. The Morgan fingerprint density at radius 1 is 1.09 bits per heavy atom. The average molecular weight is 498 g/mol. The van der Waals surface area contributed by atoms with E-state index in [9.17, 15) is 22.8 Å². The number of hydrogen-bond acceptors (Lipinski definition) is 10. The molecular formula is C20H23N3O8S2. The Bertz CT molecular complexity index is 1200. The Kier molecular flexibility index (Phi) is 7.25. The van der Waals surface area contributed by atoms with E-state index < -0.39 is 27.9 Å². The fourth-order valence-corrected chi connectivity index (χ4v) is 5.94. The summed E-state index contributed by atoms with van der Waals surface area (Å²) in [4.78, 5) is 36.3. The van der Waals surface area contributed by atoms with Crippen molar-refractivity contribution < 1.29 is 37.0 Å². The Balaban J connectivity index is 1.97. The van der Waals surface area contributed by atoms with Crippen molar-refractivity contribution in [1.29, 1.82) is 0 Å². The second-order valence-corrected chi connectivity index (χ2v) is 10.0. The normalized spacial score (nSPS) is 14.1. The minimum atomic E-state index is -3.79. The highest BCUT2D eigenvalue weighted by molar-refractivity contribution is 7.89. The summed E-state index contributed by atoms with van der Waals surface area (Å²) in [6.07, 6.45) is 1.52. The first-order valence-corrected chi connectivity index (χ1v) is 12.0. The molecule has 11 nitrogen and oxygen atoms in total. The molecule has 1 aromatic carbocycles. The van der Waals surface area contributed by atoms with Gasteiger partial charge in [0.2, 0.25) is 10.0 Å². The fraction of sp³-hybridized carbons (Fsp3) is 0.350. The molecule has 3 rings (SSSR count). The third-order valence-corrected chi connectivity index (χ3v) is 8.02. The number of carbonyl (C=O) groups is 3. The van der Waals surface area contributed by atoms with Crippen molar-refractivity contribution >= 4 is 44.2 Å². The first-order valence-electron chi connectivity index (χ1n) is 9.76. The second kappa shape index (κ2) is 9.77. The first kappa shape index (κ1) is 24.5. The Labute approximate surface area is 194 Å². The van der Waals surface area contributed by atoms with Gasteiger partial charge in [-0.3, -0.25) is 4.79 Å². The van der Waals surface area contributed by atoms with Gasteiger partial charge in [-0.15, -0.1) is 11.3 Å². The molecule has 33 heavy (non-hydrogen) atoms. The molecule has 2 aromatic rings. The van der Waals surface area contributed by atoms with E-state index >= 15 is 0 Å². The maximum absolute atomic E-state index is 12.8. The maximum atomic E-state index is 12.8. The van der Waals surface area contributed by atoms with E-state index in [-0.39, 0.29) is 43.8 Å². The number of carbonyl (C=O) groups excluding carboxylic acids is 3. The summed E-state index contributed by atoms with van der Waals surface area (Å²) in [5.74, 6) is -2.45. The summed E-state index contributed by atoms with van der Waals surface area (Å²) in [5.41, 5.74) is 11.2.